The summed E-state index contributed by atoms with van der Waals surface area (Å²) in [5.74, 6) is 1.30. The second-order valence-corrected chi connectivity index (χ2v) is 8.28. The molecule has 182 valence electrons. The van der Waals surface area contributed by atoms with Crippen molar-refractivity contribution in [3.05, 3.63) is 93.3 Å². The van der Waals surface area contributed by atoms with Gasteiger partial charge in [-0.1, -0.05) is 24.8 Å². The molecule has 0 spiro atoms. The Labute approximate surface area is 216 Å². The molecule has 0 unspecified atom stereocenters. The highest BCUT2D eigenvalue weighted by Gasteiger charge is 2.13. The molecule has 0 saturated carbocycles. The molecule has 0 fully saturated rings. The Morgan fingerprint density at radius 1 is 1.03 bits per heavy atom. The maximum Gasteiger partial charge on any atom is 0.271 e. The molecule has 0 radical (unpaired) electrons. The minimum Gasteiger partial charge on any atom is -0.493 e. The van der Waals surface area contributed by atoms with Gasteiger partial charge >= 0.3 is 0 Å². The quantitative estimate of drug-likeness (QED) is 0.141. The van der Waals surface area contributed by atoms with Crippen LogP contribution in [0.15, 0.2) is 72.4 Å². The fraction of sp³-hybridized carbons (Fsp3) is 0.154. The molecule has 3 aromatic rings. The van der Waals surface area contributed by atoms with Crippen LogP contribution in [0, 0.1) is 9.39 Å². The Morgan fingerprint density at radius 2 is 1.77 bits per heavy atom. The van der Waals surface area contributed by atoms with Gasteiger partial charge in [-0.15, -0.1) is 0 Å². The number of ether oxygens (including phenoxy) is 4. The van der Waals surface area contributed by atoms with Crippen LogP contribution in [-0.4, -0.2) is 32.9 Å². The lowest BCUT2D eigenvalue weighted by Crippen LogP contribution is -2.17. The summed E-state index contributed by atoms with van der Waals surface area (Å²) in [7, 11) is 3.03. The van der Waals surface area contributed by atoms with Gasteiger partial charge in [-0.2, -0.15) is 5.10 Å². The van der Waals surface area contributed by atoms with E-state index < -0.39 is 5.91 Å². The summed E-state index contributed by atoms with van der Waals surface area (Å²) in [6, 6.07) is 14.5. The van der Waals surface area contributed by atoms with Crippen LogP contribution in [0.4, 0.5) is 4.39 Å². The Balaban J connectivity index is 1.67. The first kappa shape index (κ1) is 26.0. The standard InChI is InChI=1S/C26H24FIN2O5/c1-4-11-34-22-10-7-19(14-23(22)32-2)26(31)30-29-15-18-12-21(28)25(24(13-18)33-3)35-16-17-5-8-20(27)9-6-17/h4-10,12-15H,1,11,16H2,2-3H3,(H,30,31)/b29-15+. The van der Waals surface area contributed by atoms with Crippen molar-refractivity contribution in [1.29, 1.82) is 0 Å². The number of benzene rings is 3. The van der Waals surface area contributed by atoms with E-state index in [0.717, 1.165) is 9.13 Å². The van der Waals surface area contributed by atoms with Crippen molar-refractivity contribution >= 4 is 34.7 Å². The summed E-state index contributed by atoms with van der Waals surface area (Å²) in [5.41, 5.74) is 4.39. The summed E-state index contributed by atoms with van der Waals surface area (Å²) < 4.78 is 36.0. The molecular weight excluding hydrogens is 566 g/mol. The number of nitrogens with zero attached hydrogens (tertiary/aromatic N) is 1. The lowest BCUT2D eigenvalue weighted by Gasteiger charge is -2.13. The summed E-state index contributed by atoms with van der Waals surface area (Å²) in [6.07, 6.45) is 3.13. The van der Waals surface area contributed by atoms with E-state index in [-0.39, 0.29) is 12.4 Å². The second-order valence-electron chi connectivity index (χ2n) is 7.11. The van der Waals surface area contributed by atoms with E-state index in [9.17, 15) is 9.18 Å². The molecule has 9 heteroatoms. The normalized spacial score (nSPS) is 10.6. The number of amides is 1. The van der Waals surface area contributed by atoms with Crippen molar-refractivity contribution in [2.45, 2.75) is 6.61 Å². The number of hydrazone groups is 1. The first-order valence-corrected chi connectivity index (χ1v) is 11.5. The highest BCUT2D eigenvalue weighted by Crippen LogP contribution is 2.34. The van der Waals surface area contributed by atoms with Crippen LogP contribution in [0.5, 0.6) is 23.0 Å². The molecule has 1 N–H and O–H groups in total. The summed E-state index contributed by atoms with van der Waals surface area (Å²) in [5, 5.41) is 4.05. The van der Waals surface area contributed by atoms with Crippen molar-refractivity contribution < 1.29 is 28.1 Å². The summed E-state index contributed by atoms with van der Waals surface area (Å²) in [4.78, 5) is 12.5. The van der Waals surface area contributed by atoms with Crippen molar-refractivity contribution in [2.24, 2.45) is 5.10 Å². The molecule has 0 heterocycles. The van der Waals surface area contributed by atoms with E-state index in [0.29, 0.717) is 40.7 Å². The fourth-order valence-electron chi connectivity index (χ4n) is 3.00. The molecule has 1 amide bonds. The van der Waals surface area contributed by atoms with E-state index in [2.05, 4.69) is 39.7 Å². The lowest BCUT2D eigenvalue weighted by molar-refractivity contribution is 0.0954. The SMILES string of the molecule is C=CCOc1ccc(C(=O)N/N=C/c2cc(I)c(OCc3ccc(F)cc3)c(OC)c2)cc1OC. The molecule has 0 atom stereocenters. The van der Waals surface area contributed by atoms with Crippen LogP contribution < -0.4 is 24.4 Å². The molecule has 35 heavy (non-hydrogen) atoms. The maximum absolute atomic E-state index is 13.1. The number of hydrogen-bond acceptors (Lipinski definition) is 6. The average molecular weight is 590 g/mol. The topological polar surface area (TPSA) is 78.4 Å². The zero-order valence-corrected chi connectivity index (χ0v) is 21.4. The third-order valence-electron chi connectivity index (χ3n) is 4.71. The van der Waals surface area contributed by atoms with Gasteiger partial charge in [0, 0.05) is 5.56 Å². The van der Waals surface area contributed by atoms with Gasteiger partial charge in [0.05, 0.1) is 24.0 Å². The van der Waals surface area contributed by atoms with Crippen LogP contribution in [0.25, 0.3) is 0 Å². The zero-order valence-electron chi connectivity index (χ0n) is 19.2. The Bertz CT molecular complexity index is 1220. The molecule has 0 aliphatic carbocycles. The van der Waals surface area contributed by atoms with E-state index in [1.54, 1.807) is 42.5 Å². The van der Waals surface area contributed by atoms with Crippen LogP contribution in [0.3, 0.4) is 0 Å². The first-order chi connectivity index (χ1) is 16.9. The van der Waals surface area contributed by atoms with Crippen molar-refractivity contribution in [3.63, 3.8) is 0 Å². The summed E-state index contributed by atoms with van der Waals surface area (Å²) in [6.45, 7) is 4.19. The van der Waals surface area contributed by atoms with E-state index in [1.165, 1.54) is 32.6 Å². The molecule has 0 bridgehead atoms. The monoisotopic (exact) mass is 590 g/mol. The van der Waals surface area contributed by atoms with Crippen molar-refractivity contribution in [2.75, 3.05) is 20.8 Å². The van der Waals surface area contributed by atoms with Gasteiger partial charge in [0.25, 0.3) is 5.91 Å². The number of nitrogens with one attached hydrogen (secondary N) is 1. The first-order valence-electron chi connectivity index (χ1n) is 10.4. The van der Waals surface area contributed by atoms with Crippen LogP contribution in [0.2, 0.25) is 0 Å². The van der Waals surface area contributed by atoms with E-state index >= 15 is 0 Å². The lowest BCUT2D eigenvalue weighted by atomic mass is 10.2. The number of halogens is 2. The van der Waals surface area contributed by atoms with Crippen molar-refractivity contribution in [3.8, 4) is 23.0 Å². The molecular formula is C26H24FIN2O5. The Morgan fingerprint density at radius 3 is 2.46 bits per heavy atom. The van der Waals surface area contributed by atoms with Gasteiger partial charge < -0.3 is 18.9 Å². The Kier molecular flexibility index (Phi) is 9.47. The average Bonchev–Trinajstić information content (AvgIpc) is 2.87. The maximum atomic E-state index is 13.1. The minimum absolute atomic E-state index is 0.261. The molecule has 0 aliphatic heterocycles. The van der Waals surface area contributed by atoms with Crippen LogP contribution >= 0.6 is 22.6 Å². The van der Waals surface area contributed by atoms with E-state index in [1.807, 2.05) is 6.07 Å². The van der Waals surface area contributed by atoms with Crippen LogP contribution in [-0.2, 0) is 6.61 Å². The molecule has 0 saturated heterocycles. The Hall–Kier alpha value is -3.60. The van der Waals surface area contributed by atoms with Crippen LogP contribution in [0.1, 0.15) is 21.5 Å². The number of rotatable bonds is 11. The number of methoxy groups -OCH3 is 2. The zero-order chi connectivity index (χ0) is 25.2. The largest absolute Gasteiger partial charge is 0.493 e. The third kappa shape index (κ3) is 7.19. The molecule has 0 aromatic heterocycles. The second kappa shape index (κ2) is 12.7. The van der Waals surface area contributed by atoms with Gasteiger partial charge in [0.15, 0.2) is 23.0 Å². The van der Waals surface area contributed by atoms with Gasteiger partial charge in [-0.05, 0) is 76.2 Å². The molecule has 7 nitrogen and oxygen atoms in total. The smallest absolute Gasteiger partial charge is 0.271 e. The number of carbonyl (C=O) groups is 1. The van der Waals surface area contributed by atoms with Crippen molar-refractivity contribution in [1.82, 2.24) is 5.43 Å². The van der Waals surface area contributed by atoms with Gasteiger partial charge in [0.1, 0.15) is 19.0 Å². The van der Waals surface area contributed by atoms with Gasteiger partial charge in [0.2, 0.25) is 0 Å². The molecule has 3 aromatic carbocycles. The van der Waals surface area contributed by atoms with E-state index in [4.69, 9.17) is 18.9 Å². The summed E-state index contributed by atoms with van der Waals surface area (Å²) >= 11 is 2.13. The predicted molar refractivity (Wildman–Crippen MR) is 140 cm³/mol. The highest BCUT2D eigenvalue weighted by atomic mass is 127. The van der Waals surface area contributed by atoms with Gasteiger partial charge in [-0.3, -0.25) is 4.79 Å². The molecule has 3 rings (SSSR count). The minimum atomic E-state index is -0.407. The number of hydrogen-bond donors (Lipinski definition) is 1. The third-order valence-corrected chi connectivity index (χ3v) is 5.51. The predicted octanol–water partition coefficient (Wildman–Crippen LogP) is 5.36. The highest BCUT2D eigenvalue weighted by molar-refractivity contribution is 14.1. The fourth-order valence-corrected chi connectivity index (χ4v) is 3.78. The number of carbonyl (C=O) groups excluding carboxylic acids is 1. The van der Waals surface area contributed by atoms with Gasteiger partial charge in [-0.25, -0.2) is 9.82 Å². The molecule has 0 aliphatic rings.